The first-order chi connectivity index (χ1) is 15.4. The predicted molar refractivity (Wildman–Crippen MR) is 125 cm³/mol. The van der Waals surface area contributed by atoms with Crippen LogP contribution in [0.1, 0.15) is 38.5 Å². The van der Waals surface area contributed by atoms with Gasteiger partial charge in [0, 0.05) is 11.9 Å². The number of benzene rings is 2. The lowest BCUT2D eigenvalue weighted by molar-refractivity contribution is 0.101. The molecule has 4 rings (SSSR count). The van der Waals surface area contributed by atoms with E-state index >= 15 is 0 Å². The van der Waals surface area contributed by atoms with Crippen LogP contribution in [0.4, 0.5) is 5.69 Å². The summed E-state index contributed by atoms with van der Waals surface area (Å²) >= 11 is 3.39. The first-order valence-electron chi connectivity index (χ1n) is 10.1. The van der Waals surface area contributed by atoms with E-state index in [2.05, 4.69) is 31.5 Å². The van der Waals surface area contributed by atoms with Crippen LogP contribution in [0.5, 0.6) is 5.75 Å². The number of ether oxygens (including phenoxy) is 1. The molecule has 1 amide bonds. The van der Waals surface area contributed by atoms with Crippen molar-refractivity contribution < 1.29 is 14.1 Å². The van der Waals surface area contributed by atoms with Gasteiger partial charge in [-0.2, -0.15) is 5.10 Å². The number of halogens is 1. The summed E-state index contributed by atoms with van der Waals surface area (Å²) in [7, 11) is 0. The molecule has 0 spiro atoms. The SMILES string of the molecule is Cc1ccc(C)c(OCc2c(C(=O)Nc3ccc(Cn4cc(Br)cn4)cc3)noc2C)c1. The highest BCUT2D eigenvalue weighted by atomic mass is 79.9. The highest BCUT2D eigenvalue weighted by Crippen LogP contribution is 2.23. The van der Waals surface area contributed by atoms with Crippen molar-refractivity contribution in [2.75, 3.05) is 5.32 Å². The lowest BCUT2D eigenvalue weighted by Gasteiger charge is -2.10. The van der Waals surface area contributed by atoms with E-state index in [0.717, 1.165) is 26.9 Å². The van der Waals surface area contributed by atoms with Crippen molar-refractivity contribution in [1.29, 1.82) is 0 Å². The van der Waals surface area contributed by atoms with Crippen LogP contribution in [0.25, 0.3) is 0 Å². The zero-order valence-corrected chi connectivity index (χ0v) is 19.6. The van der Waals surface area contributed by atoms with Crippen LogP contribution in [-0.4, -0.2) is 20.8 Å². The predicted octanol–water partition coefficient (Wildman–Crippen LogP) is 5.44. The molecule has 0 atom stereocenters. The monoisotopic (exact) mass is 494 g/mol. The van der Waals surface area contributed by atoms with Crippen LogP contribution >= 0.6 is 15.9 Å². The Hall–Kier alpha value is -3.39. The van der Waals surface area contributed by atoms with E-state index in [4.69, 9.17) is 9.26 Å². The van der Waals surface area contributed by atoms with Crippen molar-refractivity contribution in [1.82, 2.24) is 14.9 Å². The molecule has 0 saturated carbocycles. The number of amides is 1. The Morgan fingerprint density at radius 1 is 1.16 bits per heavy atom. The maximum atomic E-state index is 12.9. The molecule has 1 N–H and O–H groups in total. The first-order valence-corrected chi connectivity index (χ1v) is 10.9. The fourth-order valence-corrected chi connectivity index (χ4v) is 3.58. The number of nitrogens with zero attached hydrogens (tertiary/aromatic N) is 3. The van der Waals surface area contributed by atoms with Crippen molar-refractivity contribution >= 4 is 27.5 Å². The minimum Gasteiger partial charge on any atom is -0.488 e. The van der Waals surface area contributed by atoms with Gasteiger partial charge < -0.3 is 14.6 Å². The van der Waals surface area contributed by atoms with Gasteiger partial charge in [0.2, 0.25) is 0 Å². The van der Waals surface area contributed by atoms with E-state index in [-0.39, 0.29) is 18.2 Å². The Labute approximate surface area is 194 Å². The summed E-state index contributed by atoms with van der Waals surface area (Å²) in [5.74, 6) is 0.989. The molecule has 0 saturated heterocycles. The number of aryl methyl sites for hydroxylation is 3. The van der Waals surface area contributed by atoms with E-state index in [9.17, 15) is 4.79 Å². The number of carbonyl (C=O) groups excluding carboxylic acids is 1. The molecule has 0 aliphatic heterocycles. The van der Waals surface area contributed by atoms with Gasteiger partial charge in [0.15, 0.2) is 5.69 Å². The van der Waals surface area contributed by atoms with Crippen molar-refractivity contribution in [2.24, 2.45) is 0 Å². The van der Waals surface area contributed by atoms with E-state index in [1.165, 1.54) is 0 Å². The Morgan fingerprint density at radius 3 is 2.66 bits per heavy atom. The molecule has 0 aliphatic carbocycles. The average molecular weight is 495 g/mol. The summed E-state index contributed by atoms with van der Waals surface area (Å²) in [5.41, 5.74) is 4.72. The molecule has 2 aromatic carbocycles. The van der Waals surface area contributed by atoms with Gasteiger partial charge in [-0.05, 0) is 71.6 Å². The second-order valence-electron chi connectivity index (χ2n) is 7.63. The molecule has 2 heterocycles. The molecule has 0 bridgehead atoms. The van der Waals surface area contributed by atoms with Crippen molar-refractivity contribution in [2.45, 2.75) is 33.9 Å². The zero-order valence-electron chi connectivity index (χ0n) is 18.1. The lowest BCUT2D eigenvalue weighted by atomic mass is 10.1. The first kappa shape index (κ1) is 21.8. The summed E-state index contributed by atoms with van der Waals surface area (Å²) in [6, 6.07) is 13.6. The number of hydrogen-bond donors (Lipinski definition) is 1. The summed E-state index contributed by atoms with van der Waals surface area (Å²) in [4.78, 5) is 12.9. The van der Waals surface area contributed by atoms with E-state index in [0.29, 0.717) is 23.6 Å². The smallest absolute Gasteiger partial charge is 0.278 e. The van der Waals surface area contributed by atoms with Gasteiger partial charge in [0.1, 0.15) is 18.1 Å². The quantitative estimate of drug-likeness (QED) is 0.369. The van der Waals surface area contributed by atoms with Gasteiger partial charge in [0.05, 0.1) is 22.8 Å². The Morgan fingerprint density at radius 2 is 1.94 bits per heavy atom. The number of nitrogens with one attached hydrogen (secondary N) is 1. The topological polar surface area (TPSA) is 82.2 Å². The van der Waals surface area contributed by atoms with Gasteiger partial charge in [-0.15, -0.1) is 0 Å². The molecule has 32 heavy (non-hydrogen) atoms. The van der Waals surface area contributed by atoms with Crippen LogP contribution in [0.2, 0.25) is 0 Å². The van der Waals surface area contributed by atoms with Crippen LogP contribution in [-0.2, 0) is 13.2 Å². The van der Waals surface area contributed by atoms with Crippen LogP contribution in [0.15, 0.2) is 63.9 Å². The minimum atomic E-state index is -0.342. The van der Waals surface area contributed by atoms with Gasteiger partial charge in [-0.3, -0.25) is 9.48 Å². The number of hydrogen-bond acceptors (Lipinski definition) is 5. The molecule has 164 valence electrons. The molecule has 0 aliphatic rings. The highest BCUT2D eigenvalue weighted by molar-refractivity contribution is 9.10. The maximum Gasteiger partial charge on any atom is 0.278 e. The normalized spacial score (nSPS) is 10.9. The minimum absolute atomic E-state index is 0.195. The van der Waals surface area contributed by atoms with Crippen molar-refractivity contribution in [3.05, 3.63) is 93.0 Å². The Kier molecular flexibility index (Phi) is 6.41. The molecular weight excluding hydrogens is 472 g/mol. The molecule has 7 nitrogen and oxygen atoms in total. The lowest BCUT2D eigenvalue weighted by Crippen LogP contribution is -2.15. The van der Waals surface area contributed by atoms with Crippen LogP contribution in [0, 0.1) is 20.8 Å². The summed E-state index contributed by atoms with van der Waals surface area (Å²) < 4.78 is 14.0. The second kappa shape index (κ2) is 9.40. The highest BCUT2D eigenvalue weighted by Gasteiger charge is 2.21. The average Bonchev–Trinajstić information content (AvgIpc) is 3.35. The van der Waals surface area contributed by atoms with E-state index in [1.54, 1.807) is 13.1 Å². The number of aromatic nitrogens is 3. The van der Waals surface area contributed by atoms with Gasteiger partial charge >= 0.3 is 0 Å². The molecule has 0 fully saturated rings. The van der Waals surface area contributed by atoms with Gasteiger partial charge in [-0.25, -0.2) is 0 Å². The van der Waals surface area contributed by atoms with Crippen LogP contribution < -0.4 is 10.1 Å². The van der Waals surface area contributed by atoms with E-state index < -0.39 is 0 Å². The summed E-state index contributed by atoms with van der Waals surface area (Å²) in [5, 5.41) is 11.1. The van der Waals surface area contributed by atoms with Gasteiger partial charge in [-0.1, -0.05) is 29.4 Å². The van der Waals surface area contributed by atoms with Gasteiger partial charge in [0.25, 0.3) is 5.91 Å². The number of rotatable bonds is 7. The largest absolute Gasteiger partial charge is 0.488 e. The third-order valence-electron chi connectivity index (χ3n) is 5.07. The Balaban J connectivity index is 1.43. The third kappa shape index (κ3) is 5.08. The third-order valence-corrected chi connectivity index (χ3v) is 5.48. The molecule has 4 aromatic rings. The number of carbonyl (C=O) groups is 1. The summed E-state index contributed by atoms with van der Waals surface area (Å²) in [6.07, 6.45) is 3.65. The number of anilines is 1. The van der Waals surface area contributed by atoms with Crippen LogP contribution in [0.3, 0.4) is 0 Å². The zero-order chi connectivity index (χ0) is 22.7. The molecule has 2 aromatic heterocycles. The molecule has 0 unspecified atom stereocenters. The fraction of sp³-hybridized carbons (Fsp3) is 0.208. The molecule has 8 heteroatoms. The van der Waals surface area contributed by atoms with E-state index in [1.807, 2.05) is 67.2 Å². The second-order valence-corrected chi connectivity index (χ2v) is 8.55. The molecular formula is C24H23BrN4O3. The maximum absolute atomic E-state index is 12.9. The Bertz CT molecular complexity index is 1240. The summed E-state index contributed by atoms with van der Waals surface area (Å²) in [6.45, 7) is 6.60. The van der Waals surface area contributed by atoms with Crippen molar-refractivity contribution in [3.8, 4) is 5.75 Å². The fourth-order valence-electron chi connectivity index (χ4n) is 3.25. The molecule has 0 radical (unpaired) electrons. The van der Waals surface area contributed by atoms with Crippen molar-refractivity contribution in [3.63, 3.8) is 0 Å². The standard InChI is InChI=1S/C24H23BrN4O3/c1-15-4-5-16(2)22(10-15)31-14-21-17(3)32-28-23(21)24(30)27-20-8-6-18(7-9-20)12-29-13-19(25)11-26-29/h4-11,13H,12,14H2,1-3H3,(H,27,30).